The van der Waals surface area contributed by atoms with Crippen LogP contribution in [-0.2, 0) is 4.79 Å². The standard InChI is InChI=1S/C53H100O/c1-6-7-8-9-10-11-18-25-32-39-46-51(2,3)52(4,5)50(54)53(47-40-33-26-19-12-13-20-27-34-41-47,48-42-35-28-21-14-15-22-29-36-43-48)49-44-37-30-23-16-17-24-31-38-45-49/h47-49H,6-46H2,1-5H3. The summed E-state index contributed by atoms with van der Waals surface area (Å²) in [5.41, 5.74) is -0.435. The van der Waals surface area contributed by atoms with E-state index in [-0.39, 0.29) is 16.2 Å². The number of unbranched alkanes of at least 4 members (excludes halogenated alkanes) is 9. The summed E-state index contributed by atoms with van der Waals surface area (Å²) in [5, 5.41) is 0. The van der Waals surface area contributed by atoms with Crippen LogP contribution in [0.15, 0.2) is 0 Å². The zero-order chi connectivity index (χ0) is 38.8. The van der Waals surface area contributed by atoms with Crippen LogP contribution >= 0.6 is 0 Å². The molecule has 0 radical (unpaired) electrons. The monoisotopic (exact) mass is 753 g/mol. The third kappa shape index (κ3) is 16.1. The smallest absolute Gasteiger partial charge is 0.145 e. The number of ketones is 1. The molecule has 0 saturated heterocycles. The number of rotatable bonds is 17. The molecule has 3 saturated carbocycles. The Morgan fingerprint density at radius 1 is 0.370 bits per heavy atom. The van der Waals surface area contributed by atoms with Crippen LogP contribution < -0.4 is 0 Å². The first-order valence-electron chi connectivity index (χ1n) is 25.8. The van der Waals surface area contributed by atoms with Gasteiger partial charge in [0.05, 0.1) is 0 Å². The Hall–Kier alpha value is -0.330. The largest absolute Gasteiger partial charge is 0.298 e. The van der Waals surface area contributed by atoms with Crippen LogP contribution in [0.1, 0.15) is 298 Å². The predicted octanol–water partition coefficient (Wildman–Crippen LogP) is 18.5. The van der Waals surface area contributed by atoms with Gasteiger partial charge < -0.3 is 0 Å². The maximum atomic E-state index is 16.8. The lowest BCUT2D eigenvalue weighted by Crippen LogP contribution is -2.58. The van der Waals surface area contributed by atoms with Gasteiger partial charge in [0.15, 0.2) is 0 Å². The van der Waals surface area contributed by atoms with Crippen LogP contribution in [0.4, 0.5) is 0 Å². The van der Waals surface area contributed by atoms with Gasteiger partial charge in [-0.15, -0.1) is 0 Å². The van der Waals surface area contributed by atoms with E-state index in [4.69, 9.17) is 0 Å². The van der Waals surface area contributed by atoms with E-state index < -0.39 is 0 Å². The third-order valence-electron chi connectivity index (χ3n) is 16.4. The van der Waals surface area contributed by atoms with E-state index in [0.29, 0.717) is 17.8 Å². The summed E-state index contributed by atoms with van der Waals surface area (Å²) in [5.74, 6) is 2.54. The molecule has 0 aliphatic heterocycles. The molecule has 1 heteroatoms. The molecule has 1 nitrogen and oxygen atoms in total. The molecule has 0 heterocycles. The quantitative estimate of drug-likeness (QED) is 0.135. The number of hydrogen-bond donors (Lipinski definition) is 0. The van der Waals surface area contributed by atoms with Crippen LogP contribution in [0, 0.1) is 34.0 Å². The summed E-state index contributed by atoms with van der Waals surface area (Å²) in [4.78, 5) is 16.8. The van der Waals surface area contributed by atoms with Gasteiger partial charge in [-0.05, 0) is 68.1 Å². The van der Waals surface area contributed by atoms with Gasteiger partial charge in [0, 0.05) is 10.8 Å². The van der Waals surface area contributed by atoms with E-state index >= 15 is 4.79 Å². The van der Waals surface area contributed by atoms with Crippen LogP contribution in [0.5, 0.6) is 0 Å². The summed E-state index contributed by atoms with van der Waals surface area (Å²) < 4.78 is 0. The van der Waals surface area contributed by atoms with Crippen molar-refractivity contribution in [3.05, 3.63) is 0 Å². The van der Waals surface area contributed by atoms with Crippen LogP contribution in [0.25, 0.3) is 0 Å². The van der Waals surface area contributed by atoms with Crippen molar-refractivity contribution < 1.29 is 4.79 Å². The van der Waals surface area contributed by atoms with E-state index in [9.17, 15) is 0 Å². The fourth-order valence-corrected chi connectivity index (χ4v) is 12.2. The maximum absolute atomic E-state index is 16.8. The molecule has 0 bridgehead atoms. The molecule has 3 rings (SSSR count). The topological polar surface area (TPSA) is 17.1 Å². The molecule has 0 spiro atoms. The van der Waals surface area contributed by atoms with E-state index in [1.54, 1.807) is 0 Å². The van der Waals surface area contributed by atoms with Crippen LogP contribution in [0.3, 0.4) is 0 Å². The fraction of sp³-hybridized carbons (Fsp3) is 0.981. The zero-order valence-corrected chi connectivity index (χ0v) is 38.1. The summed E-state index contributed by atoms with van der Waals surface area (Å²) >= 11 is 0. The van der Waals surface area contributed by atoms with Gasteiger partial charge in [-0.3, -0.25) is 4.79 Å². The van der Waals surface area contributed by atoms with Crippen LogP contribution in [0.2, 0.25) is 0 Å². The predicted molar refractivity (Wildman–Crippen MR) is 240 cm³/mol. The first kappa shape index (κ1) is 48.0. The van der Waals surface area contributed by atoms with E-state index in [1.165, 1.54) is 263 Å². The Morgan fingerprint density at radius 2 is 0.611 bits per heavy atom. The van der Waals surface area contributed by atoms with Gasteiger partial charge in [0.2, 0.25) is 0 Å². The van der Waals surface area contributed by atoms with Crippen molar-refractivity contribution in [2.24, 2.45) is 34.0 Å². The number of carbonyl (C=O) groups excluding carboxylic acids is 1. The van der Waals surface area contributed by atoms with Crippen molar-refractivity contribution >= 4 is 5.78 Å². The van der Waals surface area contributed by atoms with Gasteiger partial charge in [0.1, 0.15) is 5.78 Å². The van der Waals surface area contributed by atoms with Crippen molar-refractivity contribution in [2.45, 2.75) is 298 Å². The molecule has 0 atom stereocenters. The van der Waals surface area contributed by atoms with E-state index in [1.807, 2.05) is 0 Å². The minimum Gasteiger partial charge on any atom is -0.298 e. The molecule has 54 heavy (non-hydrogen) atoms. The van der Waals surface area contributed by atoms with E-state index in [0.717, 1.165) is 5.78 Å². The first-order chi connectivity index (χ1) is 26.3. The fourth-order valence-electron chi connectivity index (χ4n) is 12.2. The summed E-state index contributed by atoms with van der Waals surface area (Å²) in [6.45, 7) is 12.4. The molecular formula is C53H100O. The average Bonchev–Trinajstić information content (AvgIpc) is 3.31. The highest BCUT2D eigenvalue weighted by atomic mass is 16.1. The summed E-state index contributed by atoms with van der Waals surface area (Å²) in [6, 6.07) is 0. The Bertz CT molecular complexity index is 807. The molecule has 0 N–H and O–H groups in total. The Morgan fingerprint density at radius 3 is 0.889 bits per heavy atom. The van der Waals surface area contributed by atoms with Gasteiger partial charge in [-0.1, -0.05) is 253 Å². The summed E-state index contributed by atoms with van der Waals surface area (Å²) in [6.07, 6.45) is 56.7. The third-order valence-corrected chi connectivity index (χ3v) is 16.4. The highest BCUT2D eigenvalue weighted by Gasteiger charge is 2.60. The molecule has 0 aromatic carbocycles. The first-order valence-corrected chi connectivity index (χ1v) is 25.8. The highest BCUT2D eigenvalue weighted by Crippen LogP contribution is 2.60. The second-order valence-electron chi connectivity index (χ2n) is 21.0. The highest BCUT2D eigenvalue weighted by molar-refractivity contribution is 5.91. The molecule has 0 unspecified atom stereocenters. The number of Topliss-reactive ketones (excluding diaryl/α,β-unsaturated/α-hetero) is 1. The minimum atomic E-state index is -0.309. The van der Waals surface area contributed by atoms with Crippen LogP contribution in [-0.4, -0.2) is 5.78 Å². The minimum absolute atomic E-state index is 0.0177. The molecule has 3 fully saturated rings. The molecule has 3 aliphatic carbocycles. The van der Waals surface area contributed by atoms with Crippen molar-refractivity contribution in [3.8, 4) is 0 Å². The van der Waals surface area contributed by atoms with Crippen molar-refractivity contribution in [2.75, 3.05) is 0 Å². The van der Waals surface area contributed by atoms with Crippen molar-refractivity contribution in [1.82, 2.24) is 0 Å². The Balaban J connectivity index is 2.03. The van der Waals surface area contributed by atoms with Gasteiger partial charge in [-0.2, -0.15) is 0 Å². The Labute approximate surface area is 341 Å². The molecule has 0 amide bonds. The Kier molecular flexibility index (Phi) is 25.0. The molecule has 0 aromatic heterocycles. The molecule has 318 valence electrons. The zero-order valence-electron chi connectivity index (χ0n) is 38.1. The maximum Gasteiger partial charge on any atom is 0.145 e. The van der Waals surface area contributed by atoms with Crippen molar-refractivity contribution in [3.63, 3.8) is 0 Å². The number of carbonyl (C=O) groups is 1. The summed E-state index contributed by atoms with van der Waals surface area (Å²) in [7, 11) is 0. The van der Waals surface area contributed by atoms with Gasteiger partial charge in [0.25, 0.3) is 0 Å². The van der Waals surface area contributed by atoms with E-state index in [2.05, 4.69) is 34.6 Å². The second kappa shape index (κ2) is 28.2. The average molecular weight is 753 g/mol. The van der Waals surface area contributed by atoms with Gasteiger partial charge >= 0.3 is 0 Å². The van der Waals surface area contributed by atoms with Gasteiger partial charge in [-0.25, -0.2) is 0 Å². The second-order valence-corrected chi connectivity index (χ2v) is 21.0. The lowest BCUT2D eigenvalue weighted by Gasteiger charge is -2.57. The SMILES string of the molecule is CCCCCCCCCCCCC(C)(C)C(C)(C)C(=O)C(C1CCCCCCCCCC1)(C1CCCCCCCCCC1)C1CCCCCCCCCC1. The van der Waals surface area contributed by atoms with Crippen molar-refractivity contribution in [1.29, 1.82) is 0 Å². The molecule has 0 aromatic rings. The lowest BCUT2D eigenvalue weighted by molar-refractivity contribution is -0.162. The molecular weight excluding hydrogens is 653 g/mol. The molecule has 3 aliphatic rings. The lowest BCUT2D eigenvalue weighted by atomic mass is 9.46. The normalized spacial score (nSPS) is 22.1. The number of hydrogen-bond acceptors (Lipinski definition) is 1.